The van der Waals surface area contributed by atoms with E-state index in [1.165, 1.54) is 5.69 Å². The zero-order chi connectivity index (χ0) is 15.7. The van der Waals surface area contributed by atoms with Crippen molar-refractivity contribution in [1.29, 1.82) is 0 Å². The lowest BCUT2D eigenvalue weighted by Gasteiger charge is -2.38. The second-order valence-electron chi connectivity index (χ2n) is 6.24. The number of aryl methyl sites for hydroxylation is 1. The Bertz CT molecular complexity index is 601. The molecule has 0 bridgehead atoms. The summed E-state index contributed by atoms with van der Waals surface area (Å²) in [5.74, 6) is 0.684. The second-order valence-corrected chi connectivity index (χ2v) is 6.24. The molecule has 118 valence electrons. The van der Waals surface area contributed by atoms with Crippen LogP contribution in [0.2, 0.25) is 0 Å². The summed E-state index contributed by atoms with van der Waals surface area (Å²) in [5, 5.41) is 4.42. The quantitative estimate of drug-likeness (QED) is 0.944. The van der Waals surface area contributed by atoms with Crippen molar-refractivity contribution in [2.75, 3.05) is 36.8 Å². The van der Waals surface area contributed by atoms with E-state index in [1.54, 1.807) is 4.68 Å². The summed E-state index contributed by atoms with van der Waals surface area (Å²) in [6, 6.07) is 11.2. The molecule has 1 fully saturated rings. The molecule has 5 nitrogen and oxygen atoms in total. The van der Waals surface area contributed by atoms with Crippen molar-refractivity contribution < 1.29 is 0 Å². The molecule has 2 aromatic rings. The van der Waals surface area contributed by atoms with Crippen molar-refractivity contribution in [2.24, 2.45) is 7.05 Å². The number of hydrogen-bond acceptors (Lipinski definition) is 4. The number of anilines is 2. The highest BCUT2D eigenvalue weighted by Gasteiger charge is 2.19. The van der Waals surface area contributed by atoms with Gasteiger partial charge in [0, 0.05) is 56.6 Å². The number of benzene rings is 1. The third kappa shape index (κ3) is 2.95. The van der Waals surface area contributed by atoms with Crippen molar-refractivity contribution in [3.05, 3.63) is 30.3 Å². The Morgan fingerprint density at radius 1 is 1.05 bits per heavy atom. The van der Waals surface area contributed by atoms with Crippen LogP contribution < -0.4 is 10.6 Å². The largest absolute Gasteiger partial charge is 0.384 e. The van der Waals surface area contributed by atoms with E-state index >= 15 is 0 Å². The van der Waals surface area contributed by atoms with Gasteiger partial charge >= 0.3 is 0 Å². The van der Waals surface area contributed by atoms with Crippen LogP contribution in [-0.4, -0.2) is 46.9 Å². The normalized spacial score (nSPS) is 16.5. The molecule has 0 aliphatic carbocycles. The molecule has 1 aromatic heterocycles. The first-order chi connectivity index (χ1) is 10.5. The zero-order valence-corrected chi connectivity index (χ0v) is 13.7. The number of rotatable bonds is 3. The molecule has 3 rings (SSSR count). The van der Waals surface area contributed by atoms with E-state index in [9.17, 15) is 0 Å². The Morgan fingerprint density at radius 2 is 1.68 bits per heavy atom. The molecule has 1 saturated heterocycles. The molecule has 0 saturated carbocycles. The van der Waals surface area contributed by atoms with Crippen LogP contribution in [0.5, 0.6) is 0 Å². The fourth-order valence-electron chi connectivity index (χ4n) is 2.96. The van der Waals surface area contributed by atoms with Crippen LogP contribution in [0, 0.1) is 0 Å². The van der Waals surface area contributed by atoms with E-state index < -0.39 is 0 Å². The lowest BCUT2D eigenvalue weighted by atomic mass is 10.1. The van der Waals surface area contributed by atoms with Gasteiger partial charge in [-0.05, 0) is 26.0 Å². The first kappa shape index (κ1) is 14.9. The van der Waals surface area contributed by atoms with Crippen LogP contribution in [0.3, 0.4) is 0 Å². The summed E-state index contributed by atoms with van der Waals surface area (Å²) < 4.78 is 1.70. The summed E-state index contributed by atoms with van der Waals surface area (Å²) in [6.45, 7) is 8.99. The molecule has 0 atom stereocenters. The summed E-state index contributed by atoms with van der Waals surface area (Å²) >= 11 is 0. The predicted molar refractivity (Wildman–Crippen MR) is 92.0 cm³/mol. The third-order valence-corrected chi connectivity index (χ3v) is 4.49. The molecule has 1 aromatic carbocycles. The average molecular weight is 299 g/mol. The van der Waals surface area contributed by atoms with E-state index in [4.69, 9.17) is 5.73 Å². The van der Waals surface area contributed by atoms with Gasteiger partial charge in [-0.2, -0.15) is 5.10 Å². The van der Waals surface area contributed by atoms with Gasteiger partial charge in [0.25, 0.3) is 0 Å². The average Bonchev–Trinajstić information content (AvgIpc) is 2.87. The maximum atomic E-state index is 5.85. The molecule has 2 heterocycles. The lowest BCUT2D eigenvalue weighted by Crippen LogP contribution is -2.48. The van der Waals surface area contributed by atoms with Gasteiger partial charge in [0.2, 0.25) is 0 Å². The smallest absolute Gasteiger partial charge is 0.121 e. The first-order valence-electron chi connectivity index (χ1n) is 7.93. The van der Waals surface area contributed by atoms with Crippen LogP contribution in [0.15, 0.2) is 30.3 Å². The Balaban J connectivity index is 1.70. The van der Waals surface area contributed by atoms with E-state index in [1.807, 2.05) is 13.1 Å². The van der Waals surface area contributed by atoms with Crippen LogP contribution in [0.1, 0.15) is 13.8 Å². The summed E-state index contributed by atoms with van der Waals surface area (Å²) in [7, 11) is 1.86. The SMILES string of the molecule is CC(C)N1CCN(c2ccc(-c3cc(N)n(C)n3)cc2)CC1. The van der Waals surface area contributed by atoms with Gasteiger partial charge in [-0.3, -0.25) is 9.58 Å². The number of nitrogens with zero attached hydrogens (tertiary/aromatic N) is 4. The van der Waals surface area contributed by atoms with Gasteiger partial charge in [-0.25, -0.2) is 0 Å². The second kappa shape index (κ2) is 6.01. The van der Waals surface area contributed by atoms with E-state index in [0.29, 0.717) is 11.9 Å². The lowest BCUT2D eigenvalue weighted by molar-refractivity contribution is 0.209. The van der Waals surface area contributed by atoms with Gasteiger partial charge in [-0.1, -0.05) is 12.1 Å². The Hall–Kier alpha value is -2.01. The molecule has 2 N–H and O–H groups in total. The molecule has 1 aliphatic heterocycles. The highest BCUT2D eigenvalue weighted by Crippen LogP contribution is 2.24. The number of aromatic nitrogens is 2. The van der Waals surface area contributed by atoms with Crippen LogP contribution in [-0.2, 0) is 7.05 Å². The van der Waals surface area contributed by atoms with E-state index in [0.717, 1.165) is 37.4 Å². The predicted octanol–water partition coefficient (Wildman–Crippen LogP) is 2.20. The van der Waals surface area contributed by atoms with Crippen molar-refractivity contribution >= 4 is 11.5 Å². The number of hydrogen-bond donors (Lipinski definition) is 1. The molecule has 0 spiro atoms. The first-order valence-corrected chi connectivity index (χ1v) is 7.93. The minimum Gasteiger partial charge on any atom is -0.384 e. The number of piperazine rings is 1. The molecule has 0 unspecified atom stereocenters. The minimum atomic E-state index is 0.638. The summed E-state index contributed by atoms with van der Waals surface area (Å²) in [4.78, 5) is 4.98. The maximum Gasteiger partial charge on any atom is 0.121 e. The molecule has 0 amide bonds. The fraction of sp³-hybridized carbons (Fsp3) is 0.471. The molecule has 5 heteroatoms. The van der Waals surface area contributed by atoms with E-state index in [-0.39, 0.29) is 0 Å². The van der Waals surface area contributed by atoms with Crippen LogP contribution in [0.4, 0.5) is 11.5 Å². The molecular weight excluding hydrogens is 274 g/mol. The van der Waals surface area contributed by atoms with Crippen molar-refractivity contribution in [2.45, 2.75) is 19.9 Å². The van der Waals surface area contributed by atoms with Gasteiger partial charge in [0.1, 0.15) is 5.82 Å². The number of nitrogen functional groups attached to an aromatic ring is 1. The Kier molecular flexibility index (Phi) is 4.07. The molecule has 1 aliphatic rings. The highest BCUT2D eigenvalue weighted by atomic mass is 15.3. The monoisotopic (exact) mass is 299 g/mol. The standard InChI is InChI=1S/C17H25N5/c1-13(2)21-8-10-22(11-9-21)15-6-4-14(5-7-15)16-12-17(18)20(3)19-16/h4-7,12-13H,8-11,18H2,1-3H3. The molecule has 0 radical (unpaired) electrons. The van der Waals surface area contributed by atoms with Crippen molar-refractivity contribution in [3.63, 3.8) is 0 Å². The third-order valence-electron chi connectivity index (χ3n) is 4.49. The number of nitrogens with two attached hydrogens (primary N) is 1. The Labute approximate surface area is 132 Å². The Morgan fingerprint density at radius 3 is 2.18 bits per heavy atom. The van der Waals surface area contributed by atoms with Crippen molar-refractivity contribution in [3.8, 4) is 11.3 Å². The van der Waals surface area contributed by atoms with Gasteiger partial charge in [0.15, 0.2) is 0 Å². The highest BCUT2D eigenvalue weighted by molar-refractivity contribution is 5.65. The topological polar surface area (TPSA) is 50.3 Å². The van der Waals surface area contributed by atoms with Gasteiger partial charge in [-0.15, -0.1) is 0 Å². The summed E-state index contributed by atoms with van der Waals surface area (Å²) in [5.41, 5.74) is 9.17. The van der Waals surface area contributed by atoms with Crippen molar-refractivity contribution in [1.82, 2.24) is 14.7 Å². The van der Waals surface area contributed by atoms with Gasteiger partial charge < -0.3 is 10.6 Å². The van der Waals surface area contributed by atoms with Crippen LogP contribution in [0.25, 0.3) is 11.3 Å². The summed E-state index contributed by atoms with van der Waals surface area (Å²) in [6.07, 6.45) is 0. The molecule has 22 heavy (non-hydrogen) atoms. The molecular formula is C17H25N5. The van der Waals surface area contributed by atoms with Crippen LogP contribution >= 0.6 is 0 Å². The van der Waals surface area contributed by atoms with E-state index in [2.05, 4.69) is 53.0 Å². The van der Waals surface area contributed by atoms with Gasteiger partial charge in [0.05, 0.1) is 5.69 Å². The fourth-order valence-corrected chi connectivity index (χ4v) is 2.96. The maximum absolute atomic E-state index is 5.85. The minimum absolute atomic E-state index is 0.638. The zero-order valence-electron chi connectivity index (χ0n) is 13.7.